The van der Waals surface area contributed by atoms with Crippen molar-refractivity contribution in [3.8, 4) is 0 Å². The van der Waals surface area contributed by atoms with E-state index in [9.17, 15) is 17.6 Å². The molecular formula is C17H18F4N4. The van der Waals surface area contributed by atoms with Gasteiger partial charge in [0.1, 0.15) is 11.5 Å². The van der Waals surface area contributed by atoms with E-state index in [4.69, 9.17) is 0 Å². The topological polar surface area (TPSA) is 41.0 Å². The molecule has 1 aromatic carbocycles. The van der Waals surface area contributed by atoms with E-state index in [-0.39, 0.29) is 17.8 Å². The molecule has 1 aromatic heterocycles. The zero-order valence-electron chi connectivity index (χ0n) is 13.4. The number of anilines is 1. The third kappa shape index (κ3) is 4.88. The number of nitrogens with one attached hydrogen (secondary N) is 1. The highest BCUT2D eigenvalue weighted by Gasteiger charge is 2.33. The number of halogens is 4. The molecule has 2 aromatic rings. The fourth-order valence-corrected chi connectivity index (χ4v) is 2.93. The van der Waals surface area contributed by atoms with Gasteiger partial charge in [-0.2, -0.15) is 13.2 Å². The van der Waals surface area contributed by atoms with Crippen LogP contribution >= 0.6 is 0 Å². The molecule has 0 spiro atoms. The Balaban J connectivity index is 1.61. The van der Waals surface area contributed by atoms with E-state index >= 15 is 0 Å². The van der Waals surface area contributed by atoms with Gasteiger partial charge in [0.05, 0.1) is 0 Å². The van der Waals surface area contributed by atoms with E-state index in [2.05, 4.69) is 20.2 Å². The van der Waals surface area contributed by atoms with Crippen LogP contribution in [0.4, 0.5) is 23.5 Å². The first-order chi connectivity index (χ1) is 11.9. The van der Waals surface area contributed by atoms with Gasteiger partial charge in [0.2, 0.25) is 5.95 Å². The monoisotopic (exact) mass is 354 g/mol. The smallest absolute Gasteiger partial charge is 0.350 e. The molecule has 0 unspecified atom stereocenters. The Bertz CT molecular complexity index is 703. The molecule has 0 bridgehead atoms. The summed E-state index contributed by atoms with van der Waals surface area (Å²) in [6.07, 6.45) is -1.63. The van der Waals surface area contributed by atoms with Gasteiger partial charge in [0.15, 0.2) is 0 Å². The zero-order valence-corrected chi connectivity index (χ0v) is 13.4. The Hall–Kier alpha value is -2.22. The number of rotatable bonds is 4. The Morgan fingerprint density at radius 2 is 1.92 bits per heavy atom. The lowest BCUT2D eigenvalue weighted by molar-refractivity contribution is -0.141. The third-order valence-corrected chi connectivity index (χ3v) is 4.10. The number of hydrogen-bond acceptors (Lipinski definition) is 4. The van der Waals surface area contributed by atoms with E-state index in [0.717, 1.165) is 37.2 Å². The number of benzene rings is 1. The van der Waals surface area contributed by atoms with Crippen molar-refractivity contribution in [2.24, 2.45) is 0 Å². The second-order valence-electron chi connectivity index (χ2n) is 6.11. The van der Waals surface area contributed by atoms with Crippen LogP contribution in [0.2, 0.25) is 0 Å². The lowest BCUT2D eigenvalue weighted by atomic mass is 10.0. The zero-order chi connectivity index (χ0) is 17.9. The molecule has 1 fully saturated rings. The molecule has 2 heterocycles. The van der Waals surface area contributed by atoms with Crippen molar-refractivity contribution in [3.05, 3.63) is 53.6 Å². The van der Waals surface area contributed by atoms with Crippen LogP contribution in [0.1, 0.15) is 24.1 Å². The van der Waals surface area contributed by atoms with Gasteiger partial charge < -0.3 is 5.32 Å². The van der Waals surface area contributed by atoms with Crippen LogP contribution in [0.25, 0.3) is 0 Å². The van der Waals surface area contributed by atoms with Gasteiger partial charge in [-0.25, -0.2) is 14.4 Å². The van der Waals surface area contributed by atoms with Gasteiger partial charge in [0, 0.05) is 25.3 Å². The fraction of sp³-hybridized carbons (Fsp3) is 0.412. The first-order valence-corrected chi connectivity index (χ1v) is 8.04. The summed E-state index contributed by atoms with van der Waals surface area (Å²) < 4.78 is 51.1. The van der Waals surface area contributed by atoms with Crippen molar-refractivity contribution in [2.75, 3.05) is 18.4 Å². The van der Waals surface area contributed by atoms with Crippen molar-refractivity contribution < 1.29 is 17.6 Å². The Labute approximate surface area is 142 Å². The minimum Gasteiger partial charge on any atom is -0.350 e. The minimum atomic E-state index is -4.49. The highest BCUT2D eigenvalue weighted by molar-refractivity contribution is 5.28. The molecule has 0 saturated carbocycles. The van der Waals surface area contributed by atoms with Gasteiger partial charge >= 0.3 is 6.18 Å². The van der Waals surface area contributed by atoms with Gasteiger partial charge in [0.25, 0.3) is 0 Å². The molecule has 1 N–H and O–H groups in total. The van der Waals surface area contributed by atoms with Gasteiger partial charge in [-0.3, -0.25) is 4.90 Å². The van der Waals surface area contributed by atoms with Crippen molar-refractivity contribution in [3.63, 3.8) is 0 Å². The SMILES string of the molecule is Fc1ccc(CN2CCC[C@@H](Nc3nccc(C(F)(F)F)n3)C2)cc1. The summed E-state index contributed by atoms with van der Waals surface area (Å²) in [5.74, 6) is -0.285. The van der Waals surface area contributed by atoms with Crippen molar-refractivity contribution in [2.45, 2.75) is 31.6 Å². The quantitative estimate of drug-likeness (QED) is 0.850. The second-order valence-corrected chi connectivity index (χ2v) is 6.11. The van der Waals surface area contributed by atoms with E-state index in [0.29, 0.717) is 13.1 Å². The van der Waals surface area contributed by atoms with Crippen LogP contribution in [-0.2, 0) is 12.7 Å². The first-order valence-electron chi connectivity index (χ1n) is 8.04. The largest absolute Gasteiger partial charge is 0.433 e. The van der Waals surface area contributed by atoms with E-state index in [1.165, 1.54) is 12.1 Å². The molecule has 1 aliphatic heterocycles. The maximum Gasteiger partial charge on any atom is 0.433 e. The number of alkyl halides is 3. The summed E-state index contributed by atoms with van der Waals surface area (Å²) >= 11 is 0. The molecule has 1 aliphatic rings. The van der Waals surface area contributed by atoms with Crippen LogP contribution in [-0.4, -0.2) is 34.0 Å². The molecule has 4 nitrogen and oxygen atoms in total. The summed E-state index contributed by atoms with van der Waals surface area (Å²) in [7, 11) is 0. The molecule has 0 radical (unpaired) electrons. The summed E-state index contributed by atoms with van der Waals surface area (Å²) in [6.45, 7) is 2.22. The Morgan fingerprint density at radius 1 is 1.16 bits per heavy atom. The molecule has 1 saturated heterocycles. The maximum absolute atomic E-state index is 13.0. The maximum atomic E-state index is 13.0. The number of likely N-dealkylation sites (tertiary alicyclic amines) is 1. The summed E-state index contributed by atoms with van der Waals surface area (Å²) in [6, 6.07) is 7.15. The highest BCUT2D eigenvalue weighted by Crippen LogP contribution is 2.27. The Kier molecular flexibility index (Phi) is 5.17. The highest BCUT2D eigenvalue weighted by atomic mass is 19.4. The number of piperidine rings is 1. The van der Waals surface area contributed by atoms with Crippen LogP contribution in [0, 0.1) is 5.82 Å². The summed E-state index contributed by atoms with van der Waals surface area (Å²) in [4.78, 5) is 9.62. The first kappa shape index (κ1) is 17.6. The lowest BCUT2D eigenvalue weighted by Crippen LogP contribution is -2.42. The average molecular weight is 354 g/mol. The lowest BCUT2D eigenvalue weighted by Gasteiger charge is -2.33. The average Bonchev–Trinajstić information content (AvgIpc) is 2.57. The predicted octanol–water partition coefficient (Wildman–Crippen LogP) is 3.71. The number of hydrogen-bond donors (Lipinski definition) is 1. The molecule has 8 heteroatoms. The fourth-order valence-electron chi connectivity index (χ4n) is 2.93. The molecular weight excluding hydrogens is 336 g/mol. The Morgan fingerprint density at radius 3 is 2.64 bits per heavy atom. The molecule has 0 aliphatic carbocycles. The number of nitrogens with zero attached hydrogens (tertiary/aromatic N) is 3. The van der Waals surface area contributed by atoms with Gasteiger partial charge in [-0.1, -0.05) is 12.1 Å². The predicted molar refractivity (Wildman–Crippen MR) is 85.4 cm³/mol. The summed E-state index contributed by atoms with van der Waals surface area (Å²) in [5, 5.41) is 2.99. The van der Waals surface area contributed by atoms with Crippen LogP contribution < -0.4 is 5.32 Å². The third-order valence-electron chi connectivity index (χ3n) is 4.10. The van der Waals surface area contributed by atoms with E-state index < -0.39 is 11.9 Å². The van der Waals surface area contributed by atoms with Gasteiger partial charge in [-0.15, -0.1) is 0 Å². The van der Waals surface area contributed by atoms with Crippen molar-refractivity contribution in [1.82, 2.24) is 14.9 Å². The van der Waals surface area contributed by atoms with Crippen molar-refractivity contribution >= 4 is 5.95 Å². The normalized spacial score (nSPS) is 19.0. The molecule has 0 amide bonds. The minimum absolute atomic E-state index is 0.0107. The van der Waals surface area contributed by atoms with E-state index in [1.54, 1.807) is 12.1 Å². The van der Waals surface area contributed by atoms with Crippen LogP contribution in [0.5, 0.6) is 0 Å². The second kappa shape index (κ2) is 7.35. The van der Waals surface area contributed by atoms with Crippen LogP contribution in [0.15, 0.2) is 36.5 Å². The molecule has 134 valence electrons. The number of aromatic nitrogens is 2. The molecule has 25 heavy (non-hydrogen) atoms. The molecule has 1 atom stereocenters. The molecule has 3 rings (SSSR count). The van der Waals surface area contributed by atoms with Gasteiger partial charge in [-0.05, 0) is 43.1 Å². The van der Waals surface area contributed by atoms with E-state index in [1.807, 2.05) is 0 Å². The van der Waals surface area contributed by atoms with Crippen LogP contribution in [0.3, 0.4) is 0 Å². The summed E-state index contributed by atoms with van der Waals surface area (Å²) in [5.41, 5.74) is 0.0429. The standard InChI is InChI=1S/C17H18F4N4/c18-13-5-3-12(4-6-13)10-25-9-1-2-14(11-25)23-16-22-8-7-15(24-16)17(19,20)21/h3-8,14H,1-2,9-11H2,(H,22,23,24)/t14-/m1/s1. The van der Waals surface area contributed by atoms with Crippen molar-refractivity contribution in [1.29, 1.82) is 0 Å².